The lowest BCUT2D eigenvalue weighted by atomic mass is 9.95. The summed E-state index contributed by atoms with van der Waals surface area (Å²) < 4.78 is 10.7. The average Bonchev–Trinajstić information content (AvgIpc) is 3.17. The molecular formula is C19H23NO4S. The van der Waals surface area contributed by atoms with E-state index in [-0.39, 0.29) is 18.0 Å². The van der Waals surface area contributed by atoms with Crippen molar-refractivity contribution in [3.8, 4) is 0 Å². The first-order valence-electron chi connectivity index (χ1n) is 8.72. The largest absolute Gasteiger partial charge is 0.469 e. The first-order valence-corrected chi connectivity index (χ1v) is 9.53. The first-order chi connectivity index (χ1) is 12.0. The van der Waals surface area contributed by atoms with Gasteiger partial charge in [0.2, 0.25) is 0 Å². The van der Waals surface area contributed by atoms with Crippen LogP contribution in [0.1, 0.15) is 70.0 Å². The lowest BCUT2D eigenvalue weighted by Crippen LogP contribution is -2.19. The van der Waals surface area contributed by atoms with Gasteiger partial charge in [0.15, 0.2) is 0 Å². The second kappa shape index (κ2) is 7.44. The van der Waals surface area contributed by atoms with Crippen molar-refractivity contribution in [2.45, 2.75) is 59.0 Å². The molecule has 0 unspecified atom stereocenters. The number of furan rings is 1. The molecule has 1 aliphatic rings. The summed E-state index contributed by atoms with van der Waals surface area (Å²) in [4.78, 5) is 26.4. The number of hydrogen-bond acceptors (Lipinski definition) is 5. The number of rotatable bonds is 5. The minimum Gasteiger partial charge on any atom is -0.469 e. The molecule has 0 aromatic carbocycles. The van der Waals surface area contributed by atoms with Gasteiger partial charge in [-0.15, -0.1) is 11.3 Å². The van der Waals surface area contributed by atoms with Crippen molar-refractivity contribution in [1.82, 2.24) is 0 Å². The number of anilines is 1. The molecule has 1 atom stereocenters. The van der Waals surface area contributed by atoms with E-state index >= 15 is 0 Å². The number of amides is 1. The van der Waals surface area contributed by atoms with Crippen molar-refractivity contribution in [3.63, 3.8) is 0 Å². The van der Waals surface area contributed by atoms with E-state index in [0.717, 1.165) is 37.7 Å². The van der Waals surface area contributed by atoms with E-state index in [1.54, 1.807) is 13.0 Å². The molecule has 0 bridgehead atoms. The zero-order chi connectivity index (χ0) is 18.0. The smallest absolute Gasteiger partial charge is 0.341 e. The maximum absolute atomic E-state index is 12.7. The Morgan fingerprint density at radius 2 is 2.12 bits per heavy atom. The minimum absolute atomic E-state index is 0.147. The van der Waals surface area contributed by atoms with Crippen molar-refractivity contribution < 1.29 is 18.7 Å². The van der Waals surface area contributed by atoms with Crippen LogP contribution in [-0.2, 0) is 17.6 Å². The monoisotopic (exact) mass is 361 g/mol. The van der Waals surface area contributed by atoms with Gasteiger partial charge in [-0.25, -0.2) is 4.79 Å². The summed E-state index contributed by atoms with van der Waals surface area (Å²) in [5.41, 5.74) is 2.06. The fourth-order valence-corrected chi connectivity index (χ4v) is 4.26. The number of carbonyl (C=O) groups is 2. The summed E-state index contributed by atoms with van der Waals surface area (Å²) >= 11 is 1.49. The zero-order valence-corrected chi connectivity index (χ0v) is 15.6. The van der Waals surface area contributed by atoms with Crippen LogP contribution in [0, 0.1) is 6.92 Å². The molecule has 134 valence electrons. The highest BCUT2D eigenvalue weighted by molar-refractivity contribution is 7.17. The Morgan fingerprint density at radius 1 is 1.36 bits per heavy atom. The standard InChI is InChI=1S/C19H23NO4S/c1-4-11(2)24-19(22)16-14-7-5-6-8-15(14)25-18(16)20-17(21)13-9-10-23-12(13)3/h9-11H,4-8H2,1-3H3,(H,20,21)/t11-/m1/s1. The van der Waals surface area contributed by atoms with Gasteiger partial charge < -0.3 is 14.5 Å². The highest BCUT2D eigenvalue weighted by Crippen LogP contribution is 2.39. The van der Waals surface area contributed by atoms with Crippen molar-refractivity contribution in [2.24, 2.45) is 0 Å². The molecule has 0 saturated heterocycles. The molecule has 1 amide bonds. The van der Waals surface area contributed by atoms with Crippen LogP contribution in [0.2, 0.25) is 0 Å². The second-order valence-corrected chi connectivity index (χ2v) is 7.49. The van der Waals surface area contributed by atoms with Crippen LogP contribution in [0.4, 0.5) is 5.00 Å². The van der Waals surface area contributed by atoms with Gasteiger partial charge in [0.1, 0.15) is 10.8 Å². The predicted molar refractivity (Wildman–Crippen MR) is 97.5 cm³/mol. The molecule has 0 fully saturated rings. The third-order valence-electron chi connectivity index (χ3n) is 4.59. The van der Waals surface area contributed by atoms with Crippen LogP contribution in [0.15, 0.2) is 16.7 Å². The summed E-state index contributed by atoms with van der Waals surface area (Å²) in [6.45, 7) is 5.60. The van der Waals surface area contributed by atoms with E-state index in [4.69, 9.17) is 9.15 Å². The molecule has 1 N–H and O–H groups in total. The van der Waals surface area contributed by atoms with E-state index in [2.05, 4.69) is 5.32 Å². The highest BCUT2D eigenvalue weighted by atomic mass is 32.1. The Morgan fingerprint density at radius 3 is 2.80 bits per heavy atom. The van der Waals surface area contributed by atoms with E-state index in [0.29, 0.717) is 21.9 Å². The third-order valence-corrected chi connectivity index (χ3v) is 5.80. The van der Waals surface area contributed by atoms with Gasteiger partial charge in [0.25, 0.3) is 5.91 Å². The normalized spacial score (nSPS) is 14.7. The zero-order valence-electron chi connectivity index (χ0n) is 14.8. The molecule has 0 spiro atoms. The number of thiophene rings is 1. The van der Waals surface area contributed by atoms with Gasteiger partial charge >= 0.3 is 5.97 Å². The Labute approximate surface area is 151 Å². The number of ether oxygens (including phenoxy) is 1. The van der Waals surface area contributed by atoms with Crippen molar-refractivity contribution in [2.75, 3.05) is 5.32 Å². The third kappa shape index (κ3) is 3.63. The number of aryl methyl sites for hydroxylation is 2. The summed E-state index contributed by atoms with van der Waals surface area (Å²) in [5, 5.41) is 3.49. The van der Waals surface area contributed by atoms with Crippen LogP contribution in [0.25, 0.3) is 0 Å². The Hall–Kier alpha value is -2.08. The predicted octanol–water partition coefficient (Wildman–Crippen LogP) is 4.74. The second-order valence-electron chi connectivity index (χ2n) is 6.38. The lowest BCUT2D eigenvalue weighted by molar-refractivity contribution is 0.0335. The van der Waals surface area contributed by atoms with Crippen LogP contribution in [-0.4, -0.2) is 18.0 Å². The van der Waals surface area contributed by atoms with Gasteiger partial charge in [-0.3, -0.25) is 4.79 Å². The van der Waals surface area contributed by atoms with E-state index < -0.39 is 0 Å². The van der Waals surface area contributed by atoms with Gasteiger partial charge in [-0.05, 0) is 57.6 Å². The van der Waals surface area contributed by atoms with E-state index in [1.807, 2.05) is 13.8 Å². The average molecular weight is 361 g/mol. The molecule has 2 aromatic rings. The fourth-order valence-electron chi connectivity index (χ4n) is 2.99. The molecule has 0 radical (unpaired) electrons. The van der Waals surface area contributed by atoms with Gasteiger partial charge in [-0.2, -0.15) is 0 Å². The highest BCUT2D eigenvalue weighted by Gasteiger charge is 2.28. The first kappa shape index (κ1) is 17.7. The van der Waals surface area contributed by atoms with Crippen molar-refractivity contribution in [1.29, 1.82) is 0 Å². The minimum atomic E-state index is -0.340. The summed E-state index contributed by atoms with van der Waals surface area (Å²) in [7, 11) is 0. The number of carbonyl (C=O) groups excluding carboxylic acids is 2. The molecule has 0 saturated carbocycles. The number of hydrogen-bond donors (Lipinski definition) is 1. The summed E-state index contributed by atoms with van der Waals surface area (Å²) in [5.74, 6) is -0.0436. The number of fused-ring (bicyclic) bond motifs is 1. The molecule has 25 heavy (non-hydrogen) atoms. The van der Waals surface area contributed by atoms with Gasteiger partial charge in [0, 0.05) is 4.88 Å². The van der Waals surface area contributed by atoms with Gasteiger partial charge in [0.05, 0.1) is 23.5 Å². The number of nitrogens with one attached hydrogen (secondary N) is 1. The molecule has 5 nitrogen and oxygen atoms in total. The molecule has 2 aromatic heterocycles. The van der Waals surface area contributed by atoms with E-state index in [9.17, 15) is 9.59 Å². The molecule has 6 heteroatoms. The summed E-state index contributed by atoms with van der Waals surface area (Å²) in [6.07, 6.45) is 6.08. The Kier molecular flexibility index (Phi) is 5.27. The maximum atomic E-state index is 12.7. The molecule has 3 rings (SSSR count). The van der Waals surface area contributed by atoms with Crippen LogP contribution in [0.3, 0.4) is 0 Å². The quantitative estimate of drug-likeness (QED) is 0.781. The number of esters is 1. The summed E-state index contributed by atoms with van der Waals surface area (Å²) in [6, 6.07) is 1.63. The van der Waals surface area contributed by atoms with Crippen LogP contribution in [0.5, 0.6) is 0 Å². The lowest BCUT2D eigenvalue weighted by Gasteiger charge is -2.15. The SMILES string of the molecule is CC[C@@H](C)OC(=O)c1c(NC(=O)c2ccoc2C)sc2c1CCCC2. The van der Waals surface area contributed by atoms with Crippen molar-refractivity contribution >= 4 is 28.2 Å². The Balaban J connectivity index is 1.92. The molecule has 1 aliphatic carbocycles. The molecular weight excluding hydrogens is 338 g/mol. The van der Waals surface area contributed by atoms with Crippen LogP contribution < -0.4 is 5.32 Å². The molecule has 0 aliphatic heterocycles. The van der Waals surface area contributed by atoms with Crippen LogP contribution >= 0.6 is 11.3 Å². The maximum Gasteiger partial charge on any atom is 0.341 e. The Bertz CT molecular complexity index is 789. The molecule has 2 heterocycles. The topological polar surface area (TPSA) is 68.5 Å². The van der Waals surface area contributed by atoms with E-state index in [1.165, 1.54) is 22.5 Å². The van der Waals surface area contributed by atoms with Crippen molar-refractivity contribution in [3.05, 3.63) is 39.7 Å². The van der Waals surface area contributed by atoms with Gasteiger partial charge in [-0.1, -0.05) is 6.92 Å². The fraction of sp³-hybridized carbons (Fsp3) is 0.474.